The Morgan fingerprint density at radius 3 is 2.36 bits per heavy atom. The van der Waals surface area contributed by atoms with E-state index >= 15 is 0 Å². The van der Waals surface area contributed by atoms with Crippen molar-refractivity contribution < 1.29 is 23.6 Å². The lowest BCUT2D eigenvalue weighted by Crippen LogP contribution is -2.74. The third-order valence-electron chi connectivity index (χ3n) is 13.4. The highest BCUT2D eigenvalue weighted by Gasteiger charge is 2.64. The van der Waals surface area contributed by atoms with Gasteiger partial charge < -0.3 is 24.4 Å². The molecule has 1 atom stereocenters. The van der Waals surface area contributed by atoms with Crippen molar-refractivity contribution >= 4 is 46.0 Å². The Balaban J connectivity index is 0.763. The van der Waals surface area contributed by atoms with Crippen LogP contribution in [0.1, 0.15) is 92.9 Å². The van der Waals surface area contributed by atoms with Crippen molar-refractivity contribution in [2.45, 2.75) is 84.4 Å². The molecule has 1 unspecified atom stereocenters. The first-order valence-electron chi connectivity index (χ1n) is 21.0. The first-order valence-corrected chi connectivity index (χ1v) is 21.4. The Morgan fingerprint density at radius 2 is 1.68 bits per heavy atom. The van der Waals surface area contributed by atoms with E-state index in [0.29, 0.717) is 46.4 Å². The number of anilines is 1. The van der Waals surface area contributed by atoms with Crippen LogP contribution in [0.25, 0.3) is 11.0 Å². The molecule has 3 aromatic carbocycles. The van der Waals surface area contributed by atoms with Gasteiger partial charge >= 0.3 is 0 Å². The Bertz CT molecular complexity index is 2230. The molecule has 0 bridgehead atoms. The zero-order valence-electron chi connectivity index (χ0n) is 34.4. The van der Waals surface area contributed by atoms with Crippen LogP contribution in [-0.2, 0) is 16.1 Å². The second-order valence-electron chi connectivity index (χ2n) is 18.0. The number of imide groups is 1. The summed E-state index contributed by atoms with van der Waals surface area (Å²) in [5.74, 6) is 0.226. The summed E-state index contributed by atoms with van der Waals surface area (Å²) in [6.45, 7) is 16.4. The summed E-state index contributed by atoms with van der Waals surface area (Å²) >= 11 is 6.26. The molecule has 4 aliphatic rings. The number of piperazine rings is 1. The molecule has 310 valence electrons. The van der Waals surface area contributed by atoms with E-state index in [1.165, 1.54) is 6.42 Å². The van der Waals surface area contributed by atoms with Crippen molar-refractivity contribution in [3.63, 3.8) is 0 Å². The summed E-state index contributed by atoms with van der Waals surface area (Å²) in [6, 6.07) is 21.2. The number of nitrogens with zero attached hydrogens (tertiary/aromatic N) is 5. The lowest BCUT2D eigenvalue weighted by atomic mass is 9.49. The van der Waals surface area contributed by atoms with Crippen molar-refractivity contribution in [2.75, 3.05) is 50.7 Å². The monoisotopic (exact) mass is 819 g/mol. The summed E-state index contributed by atoms with van der Waals surface area (Å²) in [6.07, 6.45) is 4.12. The summed E-state index contributed by atoms with van der Waals surface area (Å²) in [7, 11) is 0. The highest BCUT2D eigenvalue weighted by molar-refractivity contribution is 6.31. The van der Waals surface area contributed by atoms with Gasteiger partial charge in [0.1, 0.15) is 23.6 Å². The van der Waals surface area contributed by atoms with Crippen LogP contribution in [0.5, 0.6) is 5.75 Å². The van der Waals surface area contributed by atoms with Gasteiger partial charge in [0, 0.05) is 97.4 Å². The number of rotatable bonds is 11. The van der Waals surface area contributed by atoms with Crippen LogP contribution in [0.15, 0.2) is 65.2 Å². The first kappa shape index (κ1) is 40.8. The number of fused-ring (bicyclic) bond motifs is 1. The maximum atomic E-state index is 13.5. The van der Waals surface area contributed by atoms with Crippen LogP contribution in [0.4, 0.5) is 5.69 Å². The van der Waals surface area contributed by atoms with Crippen LogP contribution in [0, 0.1) is 28.1 Å². The van der Waals surface area contributed by atoms with E-state index in [4.69, 9.17) is 20.9 Å². The van der Waals surface area contributed by atoms with Gasteiger partial charge in [-0.05, 0) is 80.6 Å². The largest absolute Gasteiger partial charge is 0.489 e. The number of benzene rings is 3. The second kappa shape index (κ2) is 16.6. The summed E-state index contributed by atoms with van der Waals surface area (Å²) in [5, 5.41) is 20.5. The molecule has 1 saturated carbocycles. The van der Waals surface area contributed by atoms with E-state index in [1.54, 1.807) is 18.2 Å². The van der Waals surface area contributed by atoms with Crippen LogP contribution >= 0.6 is 11.6 Å². The molecule has 59 heavy (non-hydrogen) atoms. The molecule has 12 nitrogen and oxygen atoms in total. The van der Waals surface area contributed by atoms with Gasteiger partial charge in [0.2, 0.25) is 11.8 Å². The number of nitrogens with one attached hydrogen (secondary N) is 2. The van der Waals surface area contributed by atoms with Crippen LogP contribution < -0.4 is 20.3 Å². The van der Waals surface area contributed by atoms with Gasteiger partial charge in [0.05, 0.1) is 16.5 Å². The molecule has 3 saturated heterocycles. The topological polar surface area (TPSA) is 144 Å². The van der Waals surface area contributed by atoms with Crippen molar-refractivity contribution in [3.8, 4) is 11.8 Å². The molecule has 4 aromatic rings. The van der Waals surface area contributed by atoms with Crippen LogP contribution in [0.2, 0.25) is 5.02 Å². The molecular formula is C46H54ClN7O5. The van der Waals surface area contributed by atoms with Crippen molar-refractivity contribution in [2.24, 2.45) is 16.7 Å². The zero-order valence-corrected chi connectivity index (χ0v) is 35.2. The van der Waals surface area contributed by atoms with Crippen LogP contribution in [0.3, 0.4) is 0 Å². The fraction of sp³-hybridized carbons (Fsp3) is 0.500. The number of amides is 3. The lowest BCUT2D eigenvalue weighted by Gasteiger charge is -2.63. The average molecular weight is 820 g/mol. The average Bonchev–Trinajstić information content (AvgIpc) is 3.66. The molecule has 1 aliphatic carbocycles. The highest BCUT2D eigenvalue weighted by atomic mass is 35.5. The smallest absolute Gasteiger partial charge is 0.251 e. The molecule has 0 spiro atoms. The van der Waals surface area contributed by atoms with Gasteiger partial charge in [0.15, 0.2) is 5.58 Å². The molecule has 3 amide bonds. The third-order valence-corrected chi connectivity index (χ3v) is 13.7. The molecule has 0 radical (unpaired) electrons. The summed E-state index contributed by atoms with van der Waals surface area (Å²) in [4.78, 5) is 45.2. The van der Waals surface area contributed by atoms with E-state index in [2.05, 4.69) is 82.5 Å². The van der Waals surface area contributed by atoms with Gasteiger partial charge in [-0.2, -0.15) is 5.26 Å². The van der Waals surface area contributed by atoms with Gasteiger partial charge in [-0.15, -0.1) is 0 Å². The lowest BCUT2D eigenvalue weighted by molar-refractivity contribution is -0.164. The maximum Gasteiger partial charge on any atom is 0.251 e. The predicted octanol–water partition coefficient (Wildman–Crippen LogP) is 6.91. The van der Waals surface area contributed by atoms with Crippen molar-refractivity contribution in [3.05, 3.63) is 88.1 Å². The standard InChI is InChI=1S/C46H54ClN7O5/c1-45(2)43(46(3,4)44(45)58-34-13-10-31(27-48)37(47)26-34)50-41(56)30-8-11-33(12-9-30)54-20-17-29(18-21-54)16-19-52-22-24-53(25-23-52)28-32-6-5-7-35-39(51-59-40(32)35)36-14-15-38(55)49-42(36)57/h5-13,26,29,36,43-44H,14-25,28H2,1-4H3,(H,50,56)(H,49,55,57)/t36?,43-,44-. The van der Waals surface area contributed by atoms with E-state index in [1.807, 2.05) is 24.3 Å². The number of carbonyl (C=O) groups excluding carboxylic acids is 3. The Labute approximate surface area is 351 Å². The number of halogens is 1. The van der Waals surface area contributed by atoms with Crippen LogP contribution in [-0.4, -0.2) is 90.6 Å². The molecule has 8 rings (SSSR count). The fourth-order valence-electron chi connectivity index (χ4n) is 10.3. The molecule has 13 heteroatoms. The SMILES string of the molecule is CC1(C)[C@H](NC(=O)c2ccc(N3CCC(CCN4CCN(Cc5cccc6c(C7CCC(=O)NC7=O)noc56)CC4)CC3)cc2)C(C)(C)[C@H]1Oc1ccc(C#N)c(Cl)c1. The summed E-state index contributed by atoms with van der Waals surface area (Å²) < 4.78 is 12.2. The molecule has 1 aromatic heterocycles. The minimum atomic E-state index is -0.466. The number of nitriles is 1. The molecule has 3 aliphatic heterocycles. The van der Waals surface area contributed by atoms with Crippen molar-refractivity contribution in [1.29, 1.82) is 5.26 Å². The minimum absolute atomic E-state index is 0.0880. The number of hydrogen-bond acceptors (Lipinski definition) is 10. The Kier molecular flexibility index (Phi) is 11.5. The van der Waals surface area contributed by atoms with Gasteiger partial charge in [-0.1, -0.05) is 56.6 Å². The normalized spacial score (nSPS) is 23.7. The predicted molar refractivity (Wildman–Crippen MR) is 226 cm³/mol. The zero-order chi connectivity index (χ0) is 41.5. The molecule has 4 fully saturated rings. The number of aromatic nitrogens is 1. The number of para-hydroxylation sites is 1. The number of hydrogen-bond donors (Lipinski definition) is 2. The van der Waals surface area contributed by atoms with Gasteiger partial charge in [-0.3, -0.25) is 24.6 Å². The summed E-state index contributed by atoms with van der Waals surface area (Å²) in [5.41, 5.74) is 3.97. The number of ether oxygens (including phenoxy) is 1. The van der Waals surface area contributed by atoms with E-state index < -0.39 is 5.92 Å². The molecule has 4 heterocycles. The second-order valence-corrected chi connectivity index (χ2v) is 18.5. The number of carbonyl (C=O) groups is 3. The van der Waals surface area contributed by atoms with E-state index in [9.17, 15) is 19.6 Å². The highest BCUT2D eigenvalue weighted by Crippen LogP contribution is 2.55. The van der Waals surface area contributed by atoms with E-state index in [0.717, 1.165) is 87.4 Å². The molecular weight excluding hydrogens is 766 g/mol. The maximum absolute atomic E-state index is 13.5. The minimum Gasteiger partial charge on any atom is -0.489 e. The third kappa shape index (κ3) is 8.30. The quantitative estimate of drug-likeness (QED) is 0.153. The fourth-order valence-corrected chi connectivity index (χ4v) is 10.5. The van der Waals surface area contributed by atoms with Gasteiger partial charge in [0.25, 0.3) is 5.91 Å². The Morgan fingerprint density at radius 1 is 0.966 bits per heavy atom. The molecule has 2 N–H and O–H groups in total. The number of piperidine rings is 2. The van der Waals surface area contributed by atoms with E-state index in [-0.39, 0.29) is 40.7 Å². The van der Waals surface area contributed by atoms with Gasteiger partial charge in [-0.25, -0.2) is 0 Å². The first-order chi connectivity index (χ1) is 28.3. The van der Waals surface area contributed by atoms with Crippen molar-refractivity contribution in [1.82, 2.24) is 25.6 Å². The Hall–Kier alpha value is -4.96.